The molecule has 0 saturated heterocycles. The van der Waals surface area contributed by atoms with E-state index in [2.05, 4.69) is 29.4 Å². The van der Waals surface area contributed by atoms with Gasteiger partial charge in [0, 0.05) is 11.4 Å². The lowest BCUT2D eigenvalue weighted by atomic mass is 10.0. The molecule has 0 bridgehead atoms. The van der Waals surface area contributed by atoms with Crippen molar-refractivity contribution in [1.82, 2.24) is 14.8 Å². The number of para-hydroxylation sites is 1. The zero-order valence-corrected chi connectivity index (χ0v) is 15.9. The van der Waals surface area contributed by atoms with Gasteiger partial charge in [0.2, 0.25) is 5.91 Å². The SMILES string of the molecule is CC(C)c1ccc(NC(=O)[C@H](C)Sc2nncn2-c2ccccc2)cc1. The summed E-state index contributed by atoms with van der Waals surface area (Å²) < 4.78 is 1.88. The van der Waals surface area contributed by atoms with Crippen LogP contribution >= 0.6 is 11.8 Å². The van der Waals surface area contributed by atoms with E-state index in [-0.39, 0.29) is 11.2 Å². The van der Waals surface area contributed by atoms with Crippen LogP contribution in [-0.4, -0.2) is 25.9 Å². The number of thioether (sulfide) groups is 1. The summed E-state index contributed by atoms with van der Waals surface area (Å²) in [4.78, 5) is 12.5. The highest BCUT2D eigenvalue weighted by Crippen LogP contribution is 2.25. The van der Waals surface area contributed by atoms with E-state index in [1.165, 1.54) is 17.3 Å². The quantitative estimate of drug-likeness (QED) is 0.652. The van der Waals surface area contributed by atoms with E-state index < -0.39 is 0 Å². The first kappa shape index (κ1) is 18.2. The maximum absolute atomic E-state index is 12.5. The van der Waals surface area contributed by atoms with E-state index in [0.717, 1.165) is 11.4 Å². The van der Waals surface area contributed by atoms with Crippen molar-refractivity contribution in [3.05, 3.63) is 66.5 Å². The Bertz CT molecular complexity index is 859. The van der Waals surface area contributed by atoms with Gasteiger partial charge in [-0.2, -0.15) is 0 Å². The highest BCUT2D eigenvalue weighted by atomic mass is 32.2. The molecular formula is C20H22N4OS. The Morgan fingerprint density at radius 2 is 1.73 bits per heavy atom. The lowest BCUT2D eigenvalue weighted by Crippen LogP contribution is -2.22. The van der Waals surface area contributed by atoms with E-state index in [9.17, 15) is 4.79 Å². The van der Waals surface area contributed by atoms with Crippen molar-refractivity contribution < 1.29 is 4.79 Å². The van der Waals surface area contributed by atoms with Gasteiger partial charge in [0.15, 0.2) is 5.16 Å². The smallest absolute Gasteiger partial charge is 0.237 e. The first-order valence-corrected chi connectivity index (χ1v) is 9.45. The molecule has 26 heavy (non-hydrogen) atoms. The third-order valence-corrected chi connectivity index (χ3v) is 5.10. The summed E-state index contributed by atoms with van der Waals surface area (Å²) in [6.45, 7) is 6.16. The zero-order valence-electron chi connectivity index (χ0n) is 15.1. The van der Waals surface area contributed by atoms with Crippen LogP contribution in [0.2, 0.25) is 0 Å². The summed E-state index contributed by atoms with van der Waals surface area (Å²) in [5.41, 5.74) is 3.02. The average Bonchev–Trinajstić information content (AvgIpc) is 3.11. The normalized spacial score (nSPS) is 12.2. The number of carbonyl (C=O) groups excluding carboxylic acids is 1. The monoisotopic (exact) mass is 366 g/mol. The van der Waals surface area contributed by atoms with E-state index in [1.54, 1.807) is 6.33 Å². The predicted octanol–water partition coefficient (Wildman–Crippen LogP) is 4.51. The molecule has 0 fully saturated rings. The lowest BCUT2D eigenvalue weighted by Gasteiger charge is -2.13. The molecule has 1 N–H and O–H groups in total. The lowest BCUT2D eigenvalue weighted by molar-refractivity contribution is -0.115. The van der Waals surface area contributed by atoms with Crippen molar-refractivity contribution in [2.75, 3.05) is 5.32 Å². The van der Waals surface area contributed by atoms with Crippen molar-refractivity contribution in [3.8, 4) is 5.69 Å². The summed E-state index contributed by atoms with van der Waals surface area (Å²) in [5, 5.41) is 11.5. The minimum absolute atomic E-state index is 0.0603. The zero-order chi connectivity index (χ0) is 18.5. The molecule has 5 nitrogen and oxygen atoms in total. The number of carbonyl (C=O) groups is 1. The van der Waals surface area contributed by atoms with Gasteiger partial charge in [-0.1, -0.05) is 55.9 Å². The van der Waals surface area contributed by atoms with Crippen molar-refractivity contribution in [2.45, 2.75) is 37.1 Å². The standard InChI is InChI=1S/C20H22N4OS/c1-14(2)16-9-11-17(12-10-16)22-19(25)15(3)26-20-23-21-13-24(20)18-7-5-4-6-8-18/h4-15H,1-3H3,(H,22,25)/t15-/m0/s1. The van der Waals surface area contributed by atoms with Crippen LogP contribution in [0.3, 0.4) is 0 Å². The third kappa shape index (κ3) is 4.32. The Balaban J connectivity index is 1.66. The fourth-order valence-corrected chi connectivity index (χ4v) is 3.32. The third-order valence-electron chi connectivity index (χ3n) is 4.05. The van der Waals surface area contributed by atoms with Gasteiger partial charge in [0.1, 0.15) is 6.33 Å². The molecule has 1 atom stereocenters. The van der Waals surface area contributed by atoms with Gasteiger partial charge in [-0.25, -0.2) is 0 Å². The summed E-state index contributed by atoms with van der Waals surface area (Å²) >= 11 is 1.38. The molecule has 0 radical (unpaired) electrons. The highest BCUT2D eigenvalue weighted by molar-refractivity contribution is 8.00. The fourth-order valence-electron chi connectivity index (χ4n) is 2.48. The van der Waals surface area contributed by atoms with E-state index in [0.29, 0.717) is 11.1 Å². The second-order valence-electron chi connectivity index (χ2n) is 6.35. The molecule has 0 spiro atoms. The molecule has 2 aromatic carbocycles. The summed E-state index contributed by atoms with van der Waals surface area (Å²) in [5.74, 6) is 0.411. The highest BCUT2D eigenvalue weighted by Gasteiger charge is 2.18. The second kappa shape index (κ2) is 8.19. The molecule has 0 aliphatic carbocycles. The van der Waals surface area contributed by atoms with Crippen LogP contribution in [0.25, 0.3) is 5.69 Å². The predicted molar refractivity (Wildman–Crippen MR) is 106 cm³/mol. The number of hydrogen-bond acceptors (Lipinski definition) is 4. The van der Waals surface area contributed by atoms with Gasteiger partial charge in [0.25, 0.3) is 0 Å². The maximum Gasteiger partial charge on any atom is 0.237 e. The van der Waals surface area contributed by atoms with Crippen LogP contribution in [0.5, 0.6) is 0 Å². The van der Waals surface area contributed by atoms with Crippen molar-refractivity contribution in [2.24, 2.45) is 0 Å². The Hall–Kier alpha value is -2.60. The number of hydrogen-bond donors (Lipinski definition) is 1. The van der Waals surface area contributed by atoms with Gasteiger partial charge in [-0.05, 0) is 42.7 Å². The molecule has 0 aliphatic rings. The van der Waals surface area contributed by atoms with E-state index in [4.69, 9.17) is 0 Å². The molecule has 3 rings (SSSR count). The minimum atomic E-state index is -0.300. The molecule has 6 heteroatoms. The van der Waals surface area contributed by atoms with Gasteiger partial charge < -0.3 is 5.32 Å². The molecule has 0 unspecified atom stereocenters. The van der Waals surface area contributed by atoms with E-state index in [1.807, 2.05) is 66.1 Å². The minimum Gasteiger partial charge on any atom is -0.325 e. The van der Waals surface area contributed by atoms with Crippen LogP contribution < -0.4 is 5.32 Å². The molecule has 1 amide bonds. The summed E-state index contributed by atoms with van der Waals surface area (Å²) in [7, 11) is 0. The molecule has 0 saturated carbocycles. The molecule has 1 heterocycles. The van der Waals surface area contributed by atoms with Crippen LogP contribution in [0, 0.1) is 0 Å². The molecule has 134 valence electrons. The number of rotatable bonds is 6. The fraction of sp³-hybridized carbons (Fsp3) is 0.250. The van der Waals surface area contributed by atoms with Gasteiger partial charge in [-0.3, -0.25) is 9.36 Å². The number of benzene rings is 2. The summed E-state index contributed by atoms with van der Waals surface area (Å²) in [6, 6.07) is 17.8. The van der Waals surface area contributed by atoms with Crippen molar-refractivity contribution in [1.29, 1.82) is 0 Å². The van der Waals surface area contributed by atoms with Crippen LogP contribution in [0.1, 0.15) is 32.3 Å². The van der Waals surface area contributed by atoms with Gasteiger partial charge >= 0.3 is 0 Å². The number of amides is 1. The van der Waals surface area contributed by atoms with Gasteiger partial charge in [0.05, 0.1) is 5.25 Å². The first-order valence-electron chi connectivity index (χ1n) is 8.57. The maximum atomic E-state index is 12.5. The van der Waals surface area contributed by atoms with Crippen molar-refractivity contribution in [3.63, 3.8) is 0 Å². The Kier molecular flexibility index (Phi) is 5.73. The molecule has 0 aliphatic heterocycles. The topological polar surface area (TPSA) is 59.8 Å². The van der Waals surface area contributed by atoms with Crippen LogP contribution in [0.4, 0.5) is 5.69 Å². The number of aromatic nitrogens is 3. The second-order valence-corrected chi connectivity index (χ2v) is 7.65. The first-order chi connectivity index (χ1) is 12.5. The Morgan fingerprint density at radius 3 is 2.38 bits per heavy atom. The average molecular weight is 366 g/mol. The molecular weight excluding hydrogens is 344 g/mol. The largest absolute Gasteiger partial charge is 0.325 e. The summed E-state index contributed by atoms with van der Waals surface area (Å²) in [6.07, 6.45) is 1.66. The Labute approximate surface area is 157 Å². The van der Waals surface area contributed by atoms with Crippen LogP contribution in [0.15, 0.2) is 66.1 Å². The van der Waals surface area contributed by atoms with Crippen molar-refractivity contribution >= 4 is 23.4 Å². The number of nitrogens with zero attached hydrogens (tertiary/aromatic N) is 3. The molecule has 3 aromatic rings. The van der Waals surface area contributed by atoms with E-state index >= 15 is 0 Å². The Morgan fingerprint density at radius 1 is 1.04 bits per heavy atom. The number of anilines is 1. The number of nitrogens with one attached hydrogen (secondary N) is 1. The molecule has 1 aromatic heterocycles. The van der Waals surface area contributed by atoms with Gasteiger partial charge in [-0.15, -0.1) is 10.2 Å². The van der Waals surface area contributed by atoms with Crippen LogP contribution in [-0.2, 0) is 4.79 Å².